The Morgan fingerprint density at radius 3 is 2.39 bits per heavy atom. The molecule has 3 heterocycles. The van der Waals surface area contributed by atoms with Crippen LogP contribution in [-0.4, -0.2) is 59.1 Å². The Morgan fingerprint density at radius 2 is 1.71 bits per heavy atom. The van der Waals surface area contributed by atoms with E-state index >= 15 is 0 Å². The third-order valence-electron chi connectivity index (χ3n) is 5.99. The van der Waals surface area contributed by atoms with Gasteiger partial charge < -0.3 is 9.64 Å². The van der Waals surface area contributed by atoms with Gasteiger partial charge in [0.05, 0.1) is 0 Å². The van der Waals surface area contributed by atoms with Gasteiger partial charge in [-0.15, -0.1) is 0 Å². The van der Waals surface area contributed by atoms with Crippen molar-refractivity contribution in [1.82, 2.24) is 14.8 Å². The van der Waals surface area contributed by atoms with Crippen LogP contribution in [0.5, 0.6) is 0 Å². The first-order chi connectivity index (χ1) is 13.8. The second-order valence-corrected chi connectivity index (χ2v) is 7.77. The van der Waals surface area contributed by atoms with Crippen molar-refractivity contribution in [3.63, 3.8) is 0 Å². The van der Waals surface area contributed by atoms with Crippen LogP contribution in [0.3, 0.4) is 0 Å². The molecule has 2 aromatic rings. The van der Waals surface area contributed by atoms with Crippen molar-refractivity contribution in [2.24, 2.45) is 0 Å². The number of piperidine rings is 1. The van der Waals surface area contributed by atoms with Gasteiger partial charge in [-0.25, -0.2) is 0 Å². The monoisotopic (exact) mass is 379 g/mol. The average Bonchev–Trinajstić information content (AvgIpc) is 2.79. The standard InChI is InChI=1S/C23H29N3O2/c27-23(20-6-2-1-3-7-20)25-13-8-21(9-14-25)26(22-10-15-28-16-11-22)18-19-5-4-12-24-17-19/h1-7,12,17,21-22H,8-11,13-16,18H2. The van der Waals surface area contributed by atoms with Crippen LogP contribution in [0.15, 0.2) is 54.9 Å². The summed E-state index contributed by atoms with van der Waals surface area (Å²) >= 11 is 0. The zero-order valence-corrected chi connectivity index (χ0v) is 16.4. The maximum atomic E-state index is 12.8. The third-order valence-corrected chi connectivity index (χ3v) is 5.99. The fraction of sp³-hybridized carbons (Fsp3) is 0.478. The molecule has 2 saturated heterocycles. The van der Waals surface area contributed by atoms with Gasteiger partial charge in [-0.2, -0.15) is 0 Å². The van der Waals surface area contributed by atoms with Crippen molar-refractivity contribution in [2.45, 2.75) is 44.3 Å². The minimum Gasteiger partial charge on any atom is -0.381 e. The summed E-state index contributed by atoms with van der Waals surface area (Å²) in [5.74, 6) is 0.156. The van der Waals surface area contributed by atoms with Gasteiger partial charge >= 0.3 is 0 Å². The fourth-order valence-corrected chi connectivity index (χ4v) is 4.44. The number of aromatic nitrogens is 1. The molecule has 2 aliphatic rings. The summed E-state index contributed by atoms with van der Waals surface area (Å²) in [6.45, 7) is 4.27. The molecule has 0 bridgehead atoms. The summed E-state index contributed by atoms with van der Waals surface area (Å²) in [4.78, 5) is 21.7. The van der Waals surface area contributed by atoms with Gasteiger partial charge in [-0.3, -0.25) is 14.7 Å². The molecule has 1 aromatic carbocycles. The number of ether oxygens (including phenoxy) is 1. The van der Waals surface area contributed by atoms with E-state index in [0.717, 1.165) is 64.1 Å². The van der Waals surface area contributed by atoms with Crippen LogP contribution in [0.25, 0.3) is 0 Å². The third kappa shape index (κ3) is 4.59. The summed E-state index contributed by atoms with van der Waals surface area (Å²) in [5, 5.41) is 0. The number of rotatable bonds is 5. The first-order valence-corrected chi connectivity index (χ1v) is 10.4. The molecule has 148 valence electrons. The van der Waals surface area contributed by atoms with Crippen LogP contribution in [0.2, 0.25) is 0 Å². The van der Waals surface area contributed by atoms with Crippen molar-refractivity contribution in [2.75, 3.05) is 26.3 Å². The highest BCUT2D eigenvalue weighted by atomic mass is 16.5. The van der Waals surface area contributed by atoms with Crippen molar-refractivity contribution < 1.29 is 9.53 Å². The van der Waals surface area contributed by atoms with Gasteiger partial charge in [-0.05, 0) is 49.4 Å². The van der Waals surface area contributed by atoms with E-state index in [1.807, 2.05) is 53.7 Å². The molecule has 0 N–H and O–H groups in total. The van der Waals surface area contributed by atoms with Crippen LogP contribution in [0, 0.1) is 0 Å². The molecule has 0 spiro atoms. The number of amides is 1. The van der Waals surface area contributed by atoms with Gasteiger partial charge in [0.1, 0.15) is 0 Å². The zero-order chi connectivity index (χ0) is 19.2. The molecule has 0 aliphatic carbocycles. The molecule has 5 heteroatoms. The Balaban J connectivity index is 1.42. The van der Waals surface area contributed by atoms with Gasteiger partial charge in [0, 0.05) is 62.9 Å². The van der Waals surface area contributed by atoms with Gasteiger partial charge in [0.2, 0.25) is 0 Å². The second kappa shape index (κ2) is 9.30. The van der Waals surface area contributed by atoms with E-state index in [1.54, 1.807) is 0 Å². The number of nitrogens with zero attached hydrogens (tertiary/aromatic N) is 3. The Labute approximate surface area is 167 Å². The van der Waals surface area contributed by atoms with E-state index in [1.165, 1.54) is 5.56 Å². The number of pyridine rings is 1. The highest BCUT2D eigenvalue weighted by Gasteiger charge is 2.32. The van der Waals surface area contributed by atoms with E-state index in [2.05, 4.69) is 16.0 Å². The lowest BCUT2D eigenvalue weighted by Crippen LogP contribution is -2.51. The highest BCUT2D eigenvalue weighted by molar-refractivity contribution is 5.94. The van der Waals surface area contributed by atoms with E-state index in [9.17, 15) is 4.79 Å². The van der Waals surface area contributed by atoms with Crippen molar-refractivity contribution in [3.05, 3.63) is 66.0 Å². The Bertz CT molecular complexity index is 739. The molecular weight excluding hydrogens is 350 g/mol. The second-order valence-electron chi connectivity index (χ2n) is 7.77. The minimum absolute atomic E-state index is 0.156. The fourth-order valence-electron chi connectivity index (χ4n) is 4.44. The molecule has 0 saturated carbocycles. The number of hydrogen-bond acceptors (Lipinski definition) is 4. The Kier molecular flexibility index (Phi) is 6.34. The number of benzene rings is 1. The molecule has 5 nitrogen and oxygen atoms in total. The van der Waals surface area contributed by atoms with E-state index in [-0.39, 0.29) is 5.91 Å². The molecule has 2 fully saturated rings. The summed E-state index contributed by atoms with van der Waals surface area (Å²) in [5.41, 5.74) is 2.05. The summed E-state index contributed by atoms with van der Waals surface area (Å²) in [6.07, 6.45) is 8.02. The average molecular weight is 380 g/mol. The Morgan fingerprint density at radius 1 is 1.00 bits per heavy atom. The van der Waals surface area contributed by atoms with Crippen molar-refractivity contribution >= 4 is 5.91 Å². The quantitative estimate of drug-likeness (QED) is 0.799. The molecular formula is C23H29N3O2. The number of likely N-dealkylation sites (tertiary alicyclic amines) is 1. The number of hydrogen-bond donors (Lipinski definition) is 0. The molecule has 1 amide bonds. The molecule has 1 aromatic heterocycles. The van der Waals surface area contributed by atoms with Crippen LogP contribution >= 0.6 is 0 Å². The maximum Gasteiger partial charge on any atom is 0.253 e. The van der Waals surface area contributed by atoms with Crippen LogP contribution in [0.4, 0.5) is 0 Å². The lowest BCUT2D eigenvalue weighted by molar-refractivity contribution is -0.00152. The molecule has 0 radical (unpaired) electrons. The molecule has 4 rings (SSSR count). The van der Waals surface area contributed by atoms with Gasteiger partial charge in [-0.1, -0.05) is 24.3 Å². The van der Waals surface area contributed by atoms with Gasteiger partial charge in [0.15, 0.2) is 0 Å². The largest absolute Gasteiger partial charge is 0.381 e. The smallest absolute Gasteiger partial charge is 0.253 e. The molecule has 0 unspecified atom stereocenters. The predicted molar refractivity (Wildman–Crippen MR) is 109 cm³/mol. The topological polar surface area (TPSA) is 45.7 Å². The summed E-state index contributed by atoms with van der Waals surface area (Å²) < 4.78 is 5.59. The van der Waals surface area contributed by atoms with Crippen LogP contribution in [-0.2, 0) is 11.3 Å². The molecule has 28 heavy (non-hydrogen) atoms. The lowest BCUT2D eigenvalue weighted by Gasteiger charge is -2.43. The number of carbonyl (C=O) groups is 1. The molecule has 2 aliphatic heterocycles. The van der Waals surface area contributed by atoms with E-state index in [4.69, 9.17) is 4.74 Å². The number of carbonyl (C=O) groups excluding carboxylic acids is 1. The Hall–Kier alpha value is -2.24. The zero-order valence-electron chi connectivity index (χ0n) is 16.4. The van der Waals surface area contributed by atoms with E-state index < -0.39 is 0 Å². The van der Waals surface area contributed by atoms with Crippen LogP contribution < -0.4 is 0 Å². The summed E-state index contributed by atoms with van der Waals surface area (Å²) in [7, 11) is 0. The summed E-state index contributed by atoms with van der Waals surface area (Å²) in [6, 6.07) is 14.9. The normalized spacial score (nSPS) is 19.1. The van der Waals surface area contributed by atoms with E-state index in [0.29, 0.717) is 12.1 Å². The van der Waals surface area contributed by atoms with Crippen LogP contribution in [0.1, 0.15) is 41.6 Å². The first kappa shape index (κ1) is 19.1. The SMILES string of the molecule is O=C(c1ccccc1)N1CCC(N(Cc2cccnc2)C2CCOCC2)CC1. The molecule has 0 atom stereocenters. The highest BCUT2D eigenvalue weighted by Crippen LogP contribution is 2.26. The van der Waals surface area contributed by atoms with Gasteiger partial charge in [0.25, 0.3) is 5.91 Å². The lowest BCUT2D eigenvalue weighted by atomic mass is 9.96. The van der Waals surface area contributed by atoms with Crippen molar-refractivity contribution in [1.29, 1.82) is 0 Å². The van der Waals surface area contributed by atoms with Crippen molar-refractivity contribution in [3.8, 4) is 0 Å². The minimum atomic E-state index is 0.156. The maximum absolute atomic E-state index is 12.8. The predicted octanol–water partition coefficient (Wildman–Crippen LogP) is 3.37. The first-order valence-electron chi connectivity index (χ1n) is 10.4.